The molecule has 1 saturated heterocycles. The number of amidine groups is 1. The van der Waals surface area contributed by atoms with E-state index in [-0.39, 0.29) is 11.9 Å². The zero-order valence-corrected chi connectivity index (χ0v) is 15.0. The number of benzene rings is 1. The van der Waals surface area contributed by atoms with E-state index >= 15 is 0 Å². The van der Waals surface area contributed by atoms with Gasteiger partial charge in [-0.15, -0.1) is 0 Å². The van der Waals surface area contributed by atoms with Gasteiger partial charge in [-0.3, -0.25) is 10.1 Å². The molecule has 2 rings (SSSR count). The third kappa shape index (κ3) is 6.72. The lowest BCUT2D eigenvalue weighted by Crippen LogP contribution is -3.14. The first-order valence-corrected chi connectivity index (χ1v) is 8.77. The standard InChI is InChI=1S/C18H27N3O4/c1-3-11-25-18(19-7-8-21-9-12-24-13-10-21)20-17(22)15-5-4-6-16(14-15)23-2/h4-6,14H,3,7-13H2,1-2H3,(H,19,20,22)/p+1. The first-order valence-electron chi connectivity index (χ1n) is 8.77. The monoisotopic (exact) mass is 350 g/mol. The van der Waals surface area contributed by atoms with E-state index in [4.69, 9.17) is 14.2 Å². The number of hydrogen-bond donors (Lipinski definition) is 2. The number of carbonyl (C=O) groups excluding carboxylic acids is 1. The van der Waals surface area contributed by atoms with Crippen LogP contribution in [0.2, 0.25) is 0 Å². The van der Waals surface area contributed by atoms with Crippen molar-refractivity contribution in [1.29, 1.82) is 0 Å². The number of nitrogens with one attached hydrogen (secondary N) is 2. The van der Waals surface area contributed by atoms with E-state index in [9.17, 15) is 4.79 Å². The molecule has 0 spiro atoms. The molecule has 7 nitrogen and oxygen atoms in total. The second kappa shape index (κ2) is 10.7. The summed E-state index contributed by atoms with van der Waals surface area (Å²) in [6.07, 6.45) is 0.850. The molecule has 2 N–H and O–H groups in total. The highest BCUT2D eigenvalue weighted by Crippen LogP contribution is 2.12. The molecular formula is C18H28N3O4+. The van der Waals surface area contributed by atoms with Crippen LogP contribution in [0.15, 0.2) is 29.3 Å². The smallest absolute Gasteiger partial charge is 0.291 e. The summed E-state index contributed by atoms with van der Waals surface area (Å²) in [5, 5.41) is 2.76. The number of aliphatic imine (C=N–C) groups is 1. The van der Waals surface area contributed by atoms with Crippen LogP contribution < -0.4 is 15.0 Å². The minimum absolute atomic E-state index is 0.257. The Labute approximate surface area is 149 Å². The molecule has 1 amide bonds. The van der Waals surface area contributed by atoms with E-state index in [1.165, 1.54) is 4.90 Å². The van der Waals surface area contributed by atoms with Crippen LogP contribution >= 0.6 is 0 Å². The van der Waals surface area contributed by atoms with Gasteiger partial charge in [0.15, 0.2) is 0 Å². The van der Waals surface area contributed by atoms with E-state index in [1.54, 1.807) is 31.4 Å². The van der Waals surface area contributed by atoms with Gasteiger partial charge >= 0.3 is 0 Å². The third-order valence-electron chi connectivity index (χ3n) is 3.92. The molecule has 0 unspecified atom stereocenters. The Morgan fingerprint density at radius 3 is 2.88 bits per heavy atom. The Kier molecular flexibility index (Phi) is 8.21. The summed E-state index contributed by atoms with van der Waals surface area (Å²) in [6, 6.07) is 7.27. The highest BCUT2D eigenvalue weighted by molar-refractivity contribution is 6.04. The van der Waals surface area contributed by atoms with Gasteiger partial charge in [-0.05, 0) is 24.6 Å². The van der Waals surface area contributed by atoms with Crippen molar-refractivity contribution < 1.29 is 23.9 Å². The number of ether oxygens (including phenoxy) is 3. The molecular weight excluding hydrogens is 322 g/mol. The minimum Gasteiger partial charge on any atom is -0.497 e. The second-order valence-corrected chi connectivity index (χ2v) is 5.83. The lowest BCUT2D eigenvalue weighted by atomic mass is 10.2. The predicted octanol–water partition coefficient (Wildman–Crippen LogP) is 0.123. The molecule has 1 fully saturated rings. The summed E-state index contributed by atoms with van der Waals surface area (Å²) in [6.45, 7) is 7.62. The average molecular weight is 350 g/mol. The zero-order valence-electron chi connectivity index (χ0n) is 15.0. The van der Waals surface area contributed by atoms with E-state index in [2.05, 4.69) is 10.3 Å². The first kappa shape index (κ1) is 19.2. The Morgan fingerprint density at radius 1 is 1.36 bits per heavy atom. The summed E-state index contributed by atoms with van der Waals surface area (Å²) in [4.78, 5) is 18.3. The van der Waals surface area contributed by atoms with Crippen molar-refractivity contribution in [3.05, 3.63) is 29.8 Å². The fraction of sp³-hybridized carbons (Fsp3) is 0.556. The van der Waals surface area contributed by atoms with Gasteiger partial charge < -0.3 is 19.1 Å². The van der Waals surface area contributed by atoms with Crippen LogP contribution in [-0.2, 0) is 9.47 Å². The maximum absolute atomic E-state index is 12.4. The number of hydrogen-bond acceptors (Lipinski definition) is 5. The van der Waals surface area contributed by atoms with Crippen LogP contribution in [0.25, 0.3) is 0 Å². The molecule has 0 aliphatic carbocycles. The number of quaternary nitrogens is 1. The van der Waals surface area contributed by atoms with Gasteiger partial charge in [0.25, 0.3) is 11.9 Å². The molecule has 0 saturated carbocycles. The molecule has 0 atom stereocenters. The van der Waals surface area contributed by atoms with Gasteiger partial charge in [-0.25, -0.2) is 4.99 Å². The largest absolute Gasteiger partial charge is 0.497 e. The normalized spacial score (nSPS) is 15.7. The molecule has 1 aromatic carbocycles. The number of carbonyl (C=O) groups is 1. The summed E-state index contributed by atoms with van der Waals surface area (Å²) in [5.41, 5.74) is 0.506. The van der Waals surface area contributed by atoms with E-state index in [0.29, 0.717) is 24.5 Å². The van der Waals surface area contributed by atoms with Gasteiger partial charge in [0.2, 0.25) is 0 Å². The lowest BCUT2D eigenvalue weighted by Gasteiger charge is -2.23. The SMILES string of the molecule is CCCOC(=NCC[NH+]1CCOCC1)NC(=O)c1cccc(OC)c1. The number of rotatable bonds is 7. The summed E-state index contributed by atoms with van der Waals surface area (Å²) < 4.78 is 16.1. The molecule has 0 radical (unpaired) electrons. The summed E-state index contributed by atoms with van der Waals surface area (Å²) in [7, 11) is 1.57. The predicted molar refractivity (Wildman–Crippen MR) is 95.4 cm³/mol. The number of morpholine rings is 1. The van der Waals surface area contributed by atoms with Crippen LogP contribution in [0.3, 0.4) is 0 Å². The molecule has 25 heavy (non-hydrogen) atoms. The number of methoxy groups -OCH3 is 1. The van der Waals surface area contributed by atoms with Crippen molar-refractivity contribution >= 4 is 11.9 Å². The molecule has 7 heteroatoms. The molecule has 1 aliphatic rings. The Bertz CT molecular complexity index is 571. The van der Waals surface area contributed by atoms with Crippen LogP contribution in [-0.4, -0.2) is 65.0 Å². The van der Waals surface area contributed by atoms with E-state index in [1.807, 2.05) is 6.92 Å². The zero-order chi connectivity index (χ0) is 17.9. The van der Waals surface area contributed by atoms with Crippen molar-refractivity contribution in [3.8, 4) is 5.75 Å². The summed E-state index contributed by atoms with van der Waals surface area (Å²) in [5.74, 6) is 0.379. The van der Waals surface area contributed by atoms with Crippen molar-refractivity contribution in [1.82, 2.24) is 5.32 Å². The Balaban J connectivity index is 1.92. The minimum atomic E-state index is -0.257. The molecule has 1 aliphatic heterocycles. The number of amides is 1. The van der Waals surface area contributed by atoms with Crippen molar-refractivity contribution in [2.75, 3.05) is 53.1 Å². The maximum Gasteiger partial charge on any atom is 0.291 e. The van der Waals surface area contributed by atoms with Gasteiger partial charge in [0.05, 0.1) is 40.0 Å². The van der Waals surface area contributed by atoms with Crippen LogP contribution in [0.4, 0.5) is 0 Å². The maximum atomic E-state index is 12.4. The first-order chi connectivity index (χ1) is 12.2. The third-order valence-corrected chi connectivity index (χ3v) is 3.92. The Hall–Kier alpha value is -2.12. The lowest BCUT2D eigenvalue weighted by molar-refractivity contribution is -0.906. The molecule has 0 aromatic heterocycles. The van der Waals surface area contributed by atoms with Gasteiger partial charge in [0.1, 0.15) is 18.8 Å². The molecule has 0 bridgehead atoms. The van der Waals surface area contributed by atoms with E-state index in [0.717, 1.165) is 39.3 Å². The highest BCUT2D eigenvalue weighted by Gasteiger charge is 2.14. The van der Waals surface area contributed by atoms with E-state index < -0.39 is 0 Å². The second-order valence-electron chi connectivity index (χ2n) is 5.83. The fourth-order valence-corrected chi connectivity index (χ4v) is 2.48. The van der Waals surface area contributed by atoms with Gasteiger partial charge in [-0.2, -0.15) is 0 Å². The topological polar surface area (TPSA) is 73.6 Å². The molecule has 1 heterocycles. The van der Waals surface area contributed by atoms with Crippen molar-refractivity contribution in [2.24, 2.45) is 4.99 Å². The van der Waals surface area contributed by atoms with Crippen LogP contribution in [0.5, 0.6) is 5.75 Å². The molecule has 138 valence electrons. The van der Waals surface area contributed by atoms with Gasteiger partial charge in [0, 0.05) is 5.56 Å². The van der Waals surface area contributed by atoms with Crippen molar-refractivity contribution in [2.45, 2.75) is 13.3 Å². The van der Waals surface area contributed by atoms with Crippen LogP contribution in [0, 0.1) is 0 Å². The average Bonchev–Trinajstić information content (AvgIpc) is 2.66. The summed E-state index contributed by atoms with van der Waals surface area (Å²) >= 11 is 0. The quantitative estimate of drug-likeness (QED) is 0.541. The Morgan fingerprint density at radius 2 is 2.16 bits per heavy atom. The van der Waals surface area contributed by atoms with Crippen molar-refractivity contribution in [3.63, 3.8) is 0 Å². The molecule has 1 aromatic rings. The fourth-order valence-electron chi connectivity index (χ4n) is 2.48. The van der Waals surface area contributed by atoms with Crippen LogP contribution in [0.1, 0.15) is 23.7 Å². The highest BCUT2D eigenvalue weighted by atomic mass is 16.5. The number of nitrogens with zero attached hydrogens (tertiary/aromatic N) is 1. The van der Waals surface area contributed by atoms with Gasteiger partial charge in [-0.1, -0.05) is 13.0 Å².